The van der Waals surface area contributed by atoms with Gasteiger partial charge in [-0.3, -0.25) is 9.59 Å². The van der Waals surface area contributed by atoms with Crippen molar-refractivity contribution in [3.63, 3.8) is 0 Å². The topological polar surface area (TPSA) is 37.4 Å². The molecule has 6 rings (SSSR count). The summed E-state index contributed by atoms with van der Waals surface area (Å²) in [6.45, 7) is 9.55. The second-order valence-corrected chi connectivity index (χ2v) is 17.1. The van der Waals surface area contributed by atoms with E-state index in [0.29, 0.717) is 22.2 Å². The van der Waals surface area contributed by atoms with Crippen LogP contribution < -0.4 is 15.3 Å². The van der Waals surface area contributed by atoms with Gasteiger partial charge in [-0.2, -0.15) is 11.3 Å². The molecule has 2 aliphatic rings. The molecule has 0 bridgehead atoms. The molecule has 2 aromatic carbocycles. The van der Waals surface area contributed by atoms with Crippen molar-refractivity contribution in [3.05, 3.63) is 93.0 Å². The van der Waals surface area contributed by atoms with Crippen LogP contribution >= 0.6 is 22.7 Å². The highest BCUT2D eigenvalue weighted by Gasteiger charge is 2.50. The fourth-order valence-corrected chi connectivity index (χ4v) is 14.2. The van der Waals surface area contributed by atoms with Gasteiger partial charge in [0.05, 0.1) is 5.57 Å². The van der Waals surface area contributed by atoms with Gasteiger partial charge in [-0.05, 0) is 51.8 Å². The summed E-state index contributed by atoms with van der Waals surface area (Å²) in [4.78, 5) is 28.9. The largest absolute Gasteiger partial charge is 0.302 e. The van der Waals surface area contributed by atoms with Crippen molar-refractivity contribution in [2.24, 2.45) is 0 Å². The lowest BCUT2D eigenvalue weighted by atomic mass is 10.1. The first-order chi connectivity index (χ1) is 17.4. The molecule has 1 aliphatic heterocycles. The van der Waals surface area contributed by atoms with Crippen LogP contribution in [0.25, 0.3) is 6.08 Å². The monoisotopic (exact) mass is 525 g/mol. The molecule has 6 heteroatoms. The van der Waals surface area contributed by atoms with Crippen LogP contribution in [0.3, 0.4) is 0 Å². The van der Waals surface area contributed by atoms with E-state index in [-0.39, 0.29) is 17.1 Å². The van der Waals surface area contributed by atoms with Crippen molar-refractivity contribution in [3.8, 4) is 0 Å². The number of Topliss-reactive ketones (excluding diaryl/α,β-unsaturated/α-hetero) is 2. The number of para-hydroxylation sites is 2. The van der Waals surface area contributed by atoms with E-state index in [0.717, 1.165) is 9.88 Å². The molecular formula is C30H27NO2S2Si. The Balaban J connectivity index is 1.49. The molecule has 2 aromatic heterocycles. The minimum atomic E-state index is -2.06. The van der Waals surface area contributed by atoms with E-state index in [1.54, 1.807) is 28.2 Å². The van der Waals surface area contributed by atoms with Gasteiger partial charge in [0, 0.05) is 38.1 Å². The predicted octanol–water partition coefficient (Wildman–Crippen LogP) is 7.44. The number of carbonyl (C=O) groups is 2. The highest BCUT2D eigenvalue weighted by Crippen LogP contribution is 2.46. The van der Waals surface area contributed by atoms with Crippen molar-refractivity contribution in [2.75, 3.05) is 4.90 Å². The highest BCUT2D eigenvalue weighted by atomic mass is 32.1. The summed E-state index contributed by atoms with van der Waals surface area (Å²) in [7, 11) is -2.06. The van der Waals surface area contributed by atoms with Gasteiger partial charge >= 0.3 is 0 Å². The van der Waals surface area contributed by atoms with Crippen LogP contribution in [0.15, 0.2) is 77.0 Å². The summed E-state index contributed by atoms with van der Waals surface area (Å²) in [5.41, 5.74) is 4.94. The van der Waals surface area contributed by atoms with Gasteiger partial charge in [-0.15, -0.1) is 11.3 Å². The second kappa shape index (κ2) is 8.51. The van der Waals surface area contributed by atoms with Crippen LogP contribution in [0.1, 0.15) is 53.3 Å². The SMILES string of the molecule is CC(C)[Si]1(C(C)C)c2ccccc2N(c2ccc(C=C3C(=O)c4cscc4C3=O)s2)c2ccccc21. The lowest BCUT2D eigenvalue weighted by Crippen LogP contribution is -2.66. The van der Waals surface area contributed by atoms with Crippen LogP contribution in [0.5, 0.6) is 0 Å². The maximum absolute atomic E-state index is 12.8. The van der Waals surface area contributed by atoms with Gasteiger partial charge in [-0.1, -0.05) is 64.1 Å². The minimum absolute atomic E-state index is 0.162. The maximum Gasteiger partial charge on any atom is 0.198 e. The summed E-state index contributed by atoms with van der Waals surface area (Å²) in [6, 6.07) is 21.9. The normalized spacial score (nSPS) is 15.9. The Bertz CT molecular complexity index is 1470. The summed E-state index contributed by atoms with van der Waals surface area (Å²) in [6.07, 6.45) is 1.77. The average Bonchev–Trinajstić information content (AvgIpc) is 3.58. The molecule has 0 spiro atoms. The zero-order valence-corrected chi connectivity index (χ0v) is 23.4. The Kier molecular flexibility index (Phi) is 5.52. The highest BCUT2D eigenvalue weighted by molar-refractivity contribution is 7.17. The number of anilines is 3. The Morgan fingerprint density at radius 3 is 1.81 bits per heavy atom. The average molecular weight is 526 g/mol. The fraction of sp³-hybridized carbons (Fsp3) is 0.200. The smallest absolute Gasteiger partial charge is 0.198 e. The zero-order chi connectivity index (χ0) is 25.2. The molecule has 3 nitrogen and oxygen atoms in total. The van der Waals surface area contributed by atoms with E-state index >= 15 is 0 Å². The molecule has 4 aromatic rings. The molecule has 0 unspecified atom stereocenters. The standard InChI is InChI=1S/C30H27NO2S2Si/c1-18(2)36(19(3)4)26-11-7-5-9-24(26)31(25-10-6-8-12-27(25)36)28-14-13-20(35-28)15-21-29(32)22-16-34-17-23(22)30(21)33/h5-19H,1-4H3. The van der Waals surface area contributed by atoms with Crippen LogP contribution in [0, 0.1) is 0 Å². The molecule has 0 saturated heterocycles. The minimum Gasteiger partial charge on any atom is -0.302 e. The number of allylic oxidation sites excluding steroid dienone is 1. The molecule has 1 aliphatic carbocycles. The van der Waals surface area contributed by atoms with E-state index < -0.39 is 8.07 Å². The van der Waals surface area contributed by atoms with Gasteiger partial charge < -0.3 is 4.90 Å². The summed E-state index contributed by atoms with van der Waals surface area (Å²) < 4.78 is 0. The van der Waals surface area contributed by atoms with Crippen LogP contribution in [-0.4, -0.2) is 19.6 Å². The van der Waals surface area contributed by atoms with Gasteiger partial charge in [-0.25, -0.2) is 0 Å². The Morgan fingerprint density at radius 2 is 1.28 bits per heavy atom. The van der Waals surface area contributed by atoms with Crippen molar-refractivity contribution in [1.82, 2.24) is 0 Å². The van der Waals surface area contributed by atoms with E-state index in [9.17, 15) is 9.59 Å². The van der Waals surface area contributed by atoms with Gasteiger partial charge in [0.25, 0.3) is 0 Å². The lowest BCUT2D eigenvalue weighted by Gasteiger charge is -2.48. The first-order valence-corrected chi connectivity index (χ1v) is 16.2. The third-order valence-corrected chi connectivity index (χ3v) is 15.8. The molecule has 0 fully saturated rings. The number of rotatable bonds is 4. The number of ketones is 2. The lowest BCUT2D eigenvalue weighted by molar-refractivity contribution is 0.0990. The molecule has 0 radical (unpaired) electrons. The van der Waals surface area contributed by atoms with Gasteiger partial charge in [0.15, 0.2) is 11.6 Å². The van der Waals surface area contributed by atoms with E-state index in [2.05, 4.69) is 87.2 Å². The van der Waals surface area contributed by atoms with Crippen molar-refractivity contribution in [2.45, 2.75) is 38.8 Å². The van der Waals surface area contributed by atoms with Gasteiger partial charge in [0.1, 0.15) is 13.1 Å². The van der Waals surface area contributed by atoms with Crippen molar-refractivity contribution in [1.29, 1.82) is 0 Å². The number of fused-ring (bicyclic) bond motifs is 3. The van der Waals surface area contributed by atoms with Crippen LogP contribution in [0.2, 0.25) is 11.1 Å². The fourth-order valence-electron chi connectivity index (χ4n) is 6.32. The van der Waals surface area contributed by atoms with Crippen molar-refractivity contribution >= 4 is 75.1 Å². The molecule has 3 heterocycles. The molecular weight excluding hydrogens is 499 g/mol. The number of carbonyl (C=O) groups excluding carboxylic acids is 2. The molecule has 0 N–H and O–H groups in total. The third-order valence-electron chi connectivity index (χ3n) is 7.76. The van der Waals surface area contributed by atoms with Crippen molar-refractivity contribution < 1.29 is 9.59 Å². The third kappa shape index (κ3) is 3.14. The molecule has 0 saturated carbocycles. The Morgan fingerprint density at radius 1 is 0.750 bits per heavy atom. The zero-order valence-electron chi connectivity index (χ0n) is 20.7. The molecule has 180 valence electrons. The van der Waals surface area contributed by atoms with E-state index in [1.165, 1.54) is 33.1 Å². The number of hydrogen-bond acceptors (Lipinski definition) is 5. The summed E-state index contributed by atoms with van der Waals surface area (Å²) in [5, 5.41) is 7.60. The second-order valence-electron chi connectivity index (χ2n) is 10.1. The van der Waals surface area contributed by atoms with E-state index in [4.69, 9.17) is 0 Å². The predicted molar refractivity (Wildman–Crippen MR) is 155 cm³/mol. The number of benzene rings is 2. The Labute approximate surface area is 220 Å². The first kappa shape index (κ1) is 23.3. The summed E-state index contributed by atoms with van der Waals surface area (Å²) in [5.74, 6) is -0.325. The van der Waals surface area contributed by atoms with Crippen LogP contribution in [-0.2, 0) is 0 Å². The molecule has 0 atom stereocenters. The Hall–Kier alpha value is -3.06. The van der Waals surface area contributed by atoms with E-state index in [1.807, 2.05) is 6.07 Å². The van der Waals surface area contributed by atoms with Crippen LogP contribution in [0.4, 0.5) is 16.4 Å². The number of hydrogen-bond donors (Lipinski definition) is 0. The quantitative estimate of drug-likeness (QED) is 0.158. The molecule has 0 amide bonds. The number of nitrogens with zero attached hydrogens (tertiary/aromatic N) is 1. The maximum atomic E-state index is 12.8. The first-order valence-electron chi connectivity index (χ1n) is 12.3. The molecule has 36 heavy (non-hydrogen) atoms. The summed E-state index contributed by atoms with van der Waals surface area (Å²) >= 11 is 3.02. The van der Waals surface area contributed by atoms with Gasteiger partial charge in [0.2, 0.25) is 0 Å². The number of thiophene rings is 2.